The summed E-state index contributed by atoms with van der Waals surface area (Å²) in [5.74, 6) is 0.757. The van der Waals surface area contributed by atoms with Crippen molar-refractivity contribution in [2.45, 2.75) is 42.7 Å². The van der Waals surface area contributed by atoms with Crippen molar-refractivity contribution < 1.29 is 8.42 Å². The lowest BCUT2D eigenvalue weighted by atomic mass is 9.92. The number of sulfonamides is 1. The predicted molar refractivity (Wildman–Crippen MR) is 113 cm³/mol. The second kappa shape index (κ2) is 7.97. The second-order valence-electron chi connectivity index (χ2n) is 7.25. The van der Waals surface area contributed by atoms with Crippen molar-refractivity contribution in [1.82, 2.24) is 19.3 Å². The number of aromatic nitrogens is 3. The van der Waals surface area contributed by atoms with Crippen molar-refractivity contribution in [2.24, 2.45) is 5.73 Å². The minimum atomic E-state index is -3.46. The normalized spacial score (nSPS) is 19.9. The monoisotopic (exact) mass is 415 g/mol. The molecular formula is C19H25N7O2S. The average molecular weight is 416 g/mol. The van der Waals surface area contributed by atoms with Crippen molar-refractivity contribution in [1.29, 1.82) is 0 Å². The molecule has 0 saturated heterocycles. The highest BCUT2D eigenvalue weighted by Crippen LogP contribution is 2.26. The van der Waals surface area contributed by atoms with E-state index in [1.807, 2.05) is 6.07 Å². The highest BCUT2D eigenvalue weighted by molar-refractivity contribution is 7.89. The maximum atomic E-state index is 11.9. The number of rotatable bonds is 6. The molecule has 1 saturated carbocycles. The van der Waals surface area contributed by atoms with Gasteiger partial charge in [0, 0.05) is 36.2 Å². The number of anilines is 3. The third kappa shape index (κ3) is 4.34. The van der Waals surface area contributed by atoms with Crippen LogP contribution in [-0.4, -0.2) is 42.1 Å². The van der Waals surface area contributed by atoms with E-state index in [4.69, 9.17) is 5.73 Å². The van der Waals surface area contributed by atoms with Gasteiger partial charge in [-0.3, -0.25) is 0 Å². The lowest BCUT2D eigenvalue weighted by Crippen LogP contribution is -2.33. The van der Waals surface area contributed by atoms with Crippen LogP contribution in [0.5, 0.6) is 0 Å². The maximum absolute atomic E-state index is 11.9. The Morgan fingerprint density at radius 3 is 2.55 bits per heavy atom. The van der Waals surface area contributed by atoms with Crippen molar-refractivity contribution in [3.63, 3.8) is 0 Å². The summed E-state index contributed by atoms with van der Waals surface area (Å²) in [4.78, 5) is 4.58. The second-order valence-corrected chi connectivity index (χ2v) is 9.14. The van der Waals surface area contributed by atoms with E-state index in [1.165, 1.54) is 7.05 Å². The molecule has 1 aromatic carbocycles. The van der Waals surface area contributed by atoms with Gasteiger partial charge in [0.1, 0.15) is 5.82 Å². The van der Waals surface area contributed by atoms with Gasteiger partial charge in [-0.2, -0.15) is 0 Å². The minimum Gasteiger partial charge on any atom is -0.366 e. The van der Waals surface area contributed by atoms with E-state index in [0.717, 1.165) is 42.9 Å². The first-order valence-corrected chi connectivity index (χ1v) is 11.1. The smallest absolute Gasteiger partial charge is 0.240 e. The first-order valence-electron chi connectivity index (χ1n) is 9.62. The Morgan fingerprint density at radius 1 is 1.14 bits per heavy atom. The molecule has 1 aliphatic rings. The molecule has 5 N–H and O–H groups in total. The van der Waals surface area contributed by atoms with Crippen LogP contribution in [0.3, 0.4) is 0 Å². The van der Waals surface area contributed by atoms with Crippen LogP contribution in [0.15, 0.2) is 47.6 Å². The van der Waals surface area contributed by atoms with Gasteiger partial charge < -0.3 is 16.4 Å². The van der Waals surface area contributed by atoms with Crippen LogP contribution >= 0.6 is 0 Å². The van der Waals surface area contributed by atoms with Crippen molar-refractivity contribution in [3.8, 4) is 0 Å². The molecule has 9 nitrogen and oxygen atoms in total. The van der Waals surface area contributed by atoms with Crippen LogP contribution in [0.25, 0.3) is 5.65 Å². The van der Waals surface area contributed by atoms with E-state index in [2.05, 4.69) is 25.4 Å². The Labute approximate surface area is 169 Å². The molecule has 2 heterocycles. The fourth-order valence-electron chi connectivity index (χ4n) is 3.54. The first-order chi connectivity index (χ1) is 13.9. The fourth-order valence-corrected chi connectivity index (χ4v) is 4.27. The first kappa shape index (κ1) is 19.6. The molecule has 0 aliphatic heterocycles. The summed E-state index contributed by atoms with van der Waals surface area (Å²) in [6, 6.07) is 9.13. The summed E-state index contributed by atoms with van der Waals surface area (Å²) in [5, 5.41) is 11.4. The minimum absolute atomic E-state index is 0.212. The number of hydrogen-bond acceptors (Lipinski definition) is 7. The van der Waals surface area contributed by atoms with Gasteiger partial charge >= 0.3 is 0 Å². The fraction of sp³-hybridized carbons (Fsp3) is 0.368. The molecule has 154 valence electrons. The zero-order valence-corrected chi connectivity index (χ0v) is 17.0. The molecular weight excluding hydrogens is 390 g/mol. The van der Waals surface area contributed by atoms with Gasteiger partial charge in [-0.15, -0.1) is 5.10 Å². The molecule has 0 bridgehead atoms. The summed E-state index contributed by atoms with van der Waals surface area (Å²) in [6.45, 7) is 0. The molecule has 4 rings (SSSR count). The van der Waals surface area contributed by atoms with Crippen LogP contribution in [0.2, 0.25) is 0 Å². The standard InChI is InChI=1S/C19H25N7O2S/c1-21-29(27,28)16-8-6-14(7-9-16)23-17-12-18(25-26-11-10-22-19(17)26)24-15-4-2-13(20)3-5-15/h6-13,15,21,23H,2-5,20H2,1H3,(H,24,25)/t13-,15-. The van der Waals surface area contributed by atoms with Crippen molar-refractivity contribution in [2.75, 3.05) is 17.7 Å². The van der Waals surface area contributed by atoms with Crippen LogP contribution in [0.1, 0.15) is 25.7 Å². The van der Waals surface area contributed by atoms with Crippen LogP contribution in [0, 0.1) is 0 Å². The van der Waals surface area contributed by atoms with E-state index < -0.39 is 10.0 Å². The zero-order valence-electron chi connectivity index (χ0n) is 16.2. The summed E-state index contributed by atoms with van der Waals surface area (Å²) in [6.07, 6.45) is 7.56. The maximum Gasteiger partial charge on any atom is 0.240 e. The van der Waals surface area contributed by atoms with E-state index in [9.17, 15) is 8.42 Å². The molecule has 0 radical (unpaired) electrons. The Morgan fingerprint density at radius 2 is 1.86 bits per heavy atom. The molecule has 10 heteroatoms. The zero-order chi connectivity index (χ0) is 20.4. The lowest BCUT2D eigenvalue weighted by Gasteiger charge is -2.27. The molecule has 29 heavy (non-hydrogen) atoms. The van der Waals surface area contributed by atoms with Gasteiger partial charge in [0.15, 0.2) is 5.65 Å². The third-order valence-electron chi connectivity index (χ3n) is 5.20. The van der Waals surface area contributed by atoms with Gasteiger partial charge in [-0.1, -0.05) is 0 Å². The van der Waals surface area contributed by atoms with E-state index in [-0.39, 0.29) is 4.90 Å². The highest BCUT2D eigenvalue weighted by atomic mass is 32.2. The molecule has 0 unspecified atom stereocenters. The molecule has 1 fully saturated rings. The molecule has 0 spiro atoms. The Hall–Kier alpha value is -2.69. The lowest BCUT2D eigenvalue weighted by molar-refractivity contribution is 0.410. The predicted octanol–water partition coefficient (Wildman–Crippen LogP) is 2.06. The van der Waals surface area contributed by atoms with Gasteiger partial charge in [0.2, 0.25) is 10.0 Å². The summed E-state index contributed by atoms with van der Waals surface area (Å²) >= 11 is 0. The van der Waals surface area contributed by atoms with Gasteiger partial charge in [-0.05, 0) is 57.0 Å². The Balaban J connectivity index is 1.57. The van der Waals surface area contributed by atoms with Crippen molar-refractivity contribution >= 4 is 32.9 Å². The molecule has 3 aromatic rings. The van der Waals surface area contributed by atoms with Crippen LogP contribution in [-0.2, 0) is 10.0 Å². The van der Waals surface area contributed by atoms with Crippen molar-refractivity contribution in [3.05, 3.63) is 42.7 Å². The van der Waals surface area contributed by atoms with Gasteiger partial charge in [0.05, 0.1) is 10.6 Å². The van der Waals surface area contributed by atoms with Gasteiger partial charge in [0.25, 0.3) is 0 Å². The molecule has 0 atom stereocenters. The summed E-state index contributed by atoms with van der Waals surface area (Å²) in [7, 11) is -2.07. The number of nitrogens with two attached hydrogens (primary N) is 1. The van der Waals surface area contributed by atoms with E-state index in [0.29, 0.717) is 17.7 Å². The number of benzene rings is 1. The number of nitrogens with zero attached hydrogens (tertiary/aromatic N) is 3. The molecule has 1 aliphatic carbocycles. The summed E-state index contributed by atoms with van der Waals surface area (Å²) < 4.78 is 27.8. The number of hydrogen-bond donors (Lipinski definition) is 4. The SMILES string of the molecule is CNS(=O)(=O)c1ccc(Nc2cc(N[C@H]3CC[C@H](N)CC3)nn3ccnc23)cc1. The van der Waals surface area contributed by atoms with E-state index >= 15 is 0 Å². The van der Waals surface area contributed by atoms with Gasteiger partial charge in [-0.25, -0.2) is 22.6 Å². The van der Waals surface area contributed by atoms with Crippen LogP contribution in [0.4, 0.5) is 17.2 Å². The largest absolute Gasteiger partial charge is 0.366 e. The summed E-state index contributed by atoms with van der Waals surface area (Å²) in [5.41, 5.74) is 8.22. The third-order valence-corrected chi connectivity index (χ3v) is 6.63. The quantitative estimate of drug-likeness (QED) is 0.485. The molecule has 2 aromatic heterocycles. The Kier molecular flexibility index (Phi) is 5.39. The number of nitrogens with one attached hydrogen (secondary N) is 3. The van der Waals surface area contributed by atoms with E-state index in [1.54, 1.807) is 41.2 Å². The topological polar surface area (TPSA) is 126 Å². The Bertz CT molecular complexity index is 1090. The molecule has 0 amide bonds. The average Bonchev–Trinajstić information content (AvgIpc) is 3.19. The number of imidazole rings is 1. The highest BCUT2D eigenvalue weighted by Gasteiger charge is 2.19. The van der Waals surface area contributed by atoms with Crippen LogP contribution < -0.4 is 21.1 Å². The number of fused-ring (bicyclic) bond motifs is 1.